The van der Waals surface area contributed by atoms with E-state index in [0.29, 0.717) is 25.6 Å². The summed E-state index contributed by atoms with van der Waals surface area (Å²) in [5, 5.41) is 3.24. The molecule has 0 aromatic heterocycles. The van der Waals surface area contributed by atoms with E-state index in [-0.39, 0.29) is 29.6 Å². The zero-order valence-electron chi connectivity index (χ0n) is 19.1. The number of nitrogens with one attached hydrogen (secondary N) is 1. The first kappa shape index (κ1) is 22.8. The van der Waals surface area contributed by atoms with Crippen molar-refractivity contribution in [3.8, 4) is 0 Å². The van der Waals surface area contributed by atoms with E-state index in [1.165, 1.54) is 19.3 Å². The fourth-order valence-electron chi connectivity index (χ4n) is 5.50. The zero-order valence-corrected chi connectivity index (χ0v) is 19.1. The van der Waals surface area contributed by atoms with Gasteiger partial charge in [0.15, 0.2) is 0 Å². The second-order valence-electron chi connectivity index (χ2n) is 9.81. The molecule has 3 amide bonds. The third-order valence-corrected chi connectivity index (χ3v) is 7.38. The van der Waals surface area contributed by atoms with E-state index in [1.54, 1.807) is 0 Å². The van der Waals surface area contributed by atoms with E-state index < -0.39 is 0 Å². The first-order valence-corrected chi connectivity index (χ1v) is 12.5. The highest BCUT2D eigenvalue weighted by atomic mass is 16.2. The number of likely N-dealkylation sites (tertiary alicyclic amines) is 2. The minimum Gasteiger partial charge on any atom is -0.353 e. The summed E-state index contributed by atoms with van der Waals surface area (Å²) in [4.78, 5) is 42.7. The summed E-state index contributed by atoms with van der Waals surface area (Å²) in [7, 11) is 0. The highest BCUT2D eigenvalue weighted by molar-refractivity contribution is 5.84. The van der Waals surface area contributed by atoms with Crippen LogP contribution in [-0.4, -0.2) is 59.7 Å². The highest BCUT2D eigenvalue weighted by Crippen LogP contribution is 2.25. The maximum absolute atomic E-state index is 13.3. The van der Waals surface area contributed by atoms with Crippen LogP contribution in [0.3, 0.4) is 0 Å². The molecule has 0 bridgehead atoms. The minimum absolute atomic E-state index is 0.0945. The van der Waals surface area contributed by atoms with Gasteiger partial charge < -0.3 is 15.1 Å². The van der Waals surface area contributed by atoms with E-state index in [9.17, 15) is 14.4 Å². The molecule has 174 valence electrons. The standard InChI is InChI=1S/C26H37N3O3/c30-24(17-20-9-3-1-4-10-20)28-15-8-12-22(19-28)26(32)29-16-7-11-21(18-29)25(31)27-23-13-5-2-6-14-23/h1,3-4,9-10,21-23H,2,5-8,11-19H2,(H,27,31). The molecule has 2 aliphatic heterocycles. The SMILES string of the molecule is O=C(NC1CCCCC1)C1CCCN(C(=O)C2CCCN(C(=O)Cc3ccccc3)C2)C1. The molecule has 1 saturated carbocycles. The van der Waals surface area contributed by atoms with Gasteiger partial charge in [-0.05, 0) is 44.1 Å². The van der Waals surface area contributed by atoms with Crippen LogP contribution in [0.15, 0.2) is 30.3 Å². The van der Waals surface area contributed by atoms with Crippen molar-refractivity contribution in [2.75, 3.05) is 26.2 Å². The monoisotopic (exact) mass is 439 g/mol. The van der Waals surface area contributed by atoms with Crippen LogP contribution in [0.4, 0.5) is 0 Å². The predicted molar refractivity (Wildman–Crippen MR) is 124 cm³/mol. The number of carbonyl (C=O) groups excluding carboxylic acids is 3. The van der Waals surface area contributed by atoms with Gasteiger partial charge in [0.1, 0.15) is 0 Å². The molecular formula is C26H37N3O3. The van der Waals surface area contributed by atoms with Gasteiger partial charge in [0.2, 0.25) is 17.7 Å². The second-order valence-corrected chi connectivity index (χ2v) is 9.81. The Morgan fingerprint density at radius 3 is 2.19 bits per heavy atom. The van der Waals surface area contributed by atoms with Crippen molar-refractivity contribution in [2.45, 2.75) is 70.3 Å². The molecule has 2 unspecified atom stereocenters. The van der Waals surface area contributed by atoms with Crippen molar-refractivity contribution in [1.29, 1.82) is 0 Å². The lowest BCUT2D eigenvalue weighted by Crippen LogP contribution is -2.52. The third kappa shape index (κ3) is 5.90. The van der Waals surface area contributed by atoms with E-state index in [2.05, 4.69) is 5.32 Å². The number of amides is 3. The Kier molecular flexibility index (Phi) is 7.82. The summed E-state index contributed by atoms with van der Waals surface area (Å²) in [6, 6.07) is 10.1. The van der Waals surface area contributed by atoms with Gasteiger partial charge in [-0.1, -0.05) is 49.6 Å². The van der Waals surface area contributed by atoms with E-state index in [4.69, 9.17) is 0 Å². The molecule has 32 heavy (non-hydrogen) atoms. The van der Waals surface area contributed by atoms with Crippen molar-refractivity contribution in [3.05, 3.63) is 35.9 Å². The van der Waals surface area contributed by atoms with Crippen molar-refractivity contribution < 1.29 is 14.4 Å². The summed E-state index contributed by atoms with van der Waals surface area (Å²) in [6.45, 7) is 2.47. The molecule has 3 aliphatic rings. The summed E-state index contributed by atoms with van der Waals surface area (Å²) in [6.07, 6.45) is 9.61. The van der Waals surface area contributed by atoms with Gasteiger partial charge in [-0.2, -0.15) is 0 Å². The predicted octanol–water partition coefficient (Wildman–Crippen LogP) is 3.16. The van der Waals surface area contributed by atoms with Crippen LogP contribution < -0.4 is 5.32 Å². The molecule has 6 heteroatoms. The minimum atomic E-state index is -0.149. The average Bonchev–Trinajstić information content (AvgIpc) is 2.85. The van der Waals surface area contributed by atoms with Gasteiger partial charge in [-0.3, -0.25) is 14.4 Å². The summed E-state index contributed by atoms with van der Waals surface area (Å²) in [5.74, 6) is 0.0878. The maximum Gasteiger partial charge on any atom is 0.227 e. The molecule has 4 rings (SSSR count). The van der Waals surface area contributed by atoms with Crippen LogP contribution in [0.5, 0.6) is 0 Å². The Morgan fingerprint density at radius 2 is 1.44 bits per heavy atom. The number of nitrogens with zero attached hydrogens (tertiary/aromatic N) is 2. The number of rotatable bonds is 5. The summed E-state index contributed by atoms with van der Waals surface area (Å²) in [5.41, 5.74) is 1.01. The number of benzene rings is 1. The van der Waals surface area contributed by atoms with Crippen LogP contribution in [-0.2, 0) is 20.8 Å². The van der Waals surface area contributed by atoms with Crippen LogP contribution in [0.25, 0.3) is 0 Å². The van der Waals surface area contributed by atoms with Crippen LogP contribution >= 0.6 is 0 Å². The maximum atomic E-state index is 13.3. The summed E-state index contributed by atoms with van der Waals surface area (Å²) >= 11 is 0. The molecule has 1 aromatic rings. The number of hydrogen-bond donors (Lipinski definition) is 1. The quantitative estimate of drug-likeness (QED) is 0.766. The van der Waals surface area contributed by atoms with Gasteiger partial charge in [0.05, 0.1) is 18.3 Å². The Hall–Kier alpha value is -2.37. The largest absolute Gasteiger partial charge is 0.353 e. The van der Waals surface area contributed by atoms with Gasteiger partial charge in [0, 0.05) is 32.2 Å². The Bertz CT molecular complexity index is 791. The fraction of sp³-hybridized carbons (Fsp3) is 0.654. The second kappa shape index (κ2) is 11.0. The lowest BCUT2D eigenvalue weighted by atomic mass is 9.91. The third-order valence-electron chi connectivity index (χ3n) is 7.38. The van der Waals surface area contributed by atoms with Crippen LogP contribution in [0, 0.1) is 11.8 Å². The van der Waals surface area contributed by atoms with Crippen molar-refractivity contribution in [1.82, 2.24) is 15.1 Å². The molecule has 3 fully saturated rings. The molecule has 2 saturated heterocycles. The normalized spacial score (nSPS) is 24.8. The topological polar surface area (TPSA) is 69.7 Å². The molecule has 0 radical (unpaired) electrons. The lowest BCUT2D eigenvalue weighted by molar-refractivity contribution is -0.143. The molecule has 1 N–H and O–H groups in total. The Morgan fingerprint density at radius 1 is 0.781 bits per heavy atom. The van der Waals surface area contributed by atoms with Crippen LogP contribution in [0.1, 0.15) is 63.4 Å². The first-order valence-electron chi connectivity index (χ1n) is 12.5. The molecule has 6 nitrogen and oxygen atoms in total. The van der Waals surface area contributed by atoms with Crippen molar-refractivity contribution in [3.63, 3.8) is 0 Å². The van der Waals surface area contributed by atoms with Gasteiger partial charge in [-0.25, -0.2) is 0 Å². The highest BCUT2D eigenvalue weighted by Gasteiger charge is 2.35. The zero-order chi connectivity index (χ0) is 22.3. The number of hydrogen-bond acceptors (Lipinski definition) is 3. The van der Waals surface area contributed by atoms with Gasteiger partial charge in [0.25, 0.3) is 0 Å². The first-order chi connectivity index (χ1) is 15.6. The molecule has 1 aliphatic carbocycles. The molecule has 1 aromatic carbocycles. The number of carbonyl (C=O) groups is 3. The number of piperidine rings is 2. The molecule has 0 spiro atoms. The van der Waals surface area contributed by atoms with Gasteiger partial charge >= 0.3 is 0 Å². The van der Waals surface area contributed by atoms with Crippen molar-refractivity contribution >= 4 is 17.7 Å². The molecule has 2 atom stereocenters. The van der Waals surface area contributed by atoms with E-state index >= 15 is 0 Å². The van der Waals surface area contributed by atoms with E-state index in [1.807, 2.05) is 40.1 Å². The fourth-order valence-corrected chi connectivity index (χ4v) is 5.50. The average molecular weight is 440 g/mol. The van der Waals surface area contributed by atoms with Gasteiger partial charge in [-0.15, -0.1) is 0 Å². The van der Waals surface area contributed by atoms with Crippen LogP contribution in [0.2, 0.25) is 0 Å². The Balaban J connectivity index is 1.29. The molecular weight excluding hydrogens is 402 g/mol. The smallest absolute Gasteiger partial charge is 0.227 e. The van der Waals surface area contributed by atoms with E-state index in [0.717, 1.165) is 57.2 Å². The Labute approximate surface area is 191 Å². The molecule has 2 heterocycles. The summed E-state index contributed by atoms with van der Waals surface area (Å²) < 4.78 is 0. The van der Waals surface area contributed by atoms with Crippen molar-refractivity contribution in [2.24, 2.45) is 11.8 Å². The lowest BCUT2D eigenvalue weighted by Gasteiger charge is -2.38.